The third-order valence-corrected chi connectivity index (χ3v) is 1.77. The van der Waals surface area contributed by atoms with E-state index in [9.17, 15) is 0 Å². The van der Waals surface area contributed by atoms with Gasteiger partial charge in [0.1, 0.15) is 0 Å². The maximum atomic E-state index is 5.00. The second-order valence-corrected chi connectivity index (χ2v) is 2.46. The van der Waals surface area contributed by atoms with Crippen molar-refractivity contribution in [2.45, 2.75) is 13.5 Å². The lowest BCUT2D eigenvalue weighted by atomic mass is 10.4. The number of nitrogens with zero attached hydrogens (tertiary/aromatic N) is 1. The van der Waals surface area contributed by atoms with Crippen LogP contribution in [-0.2, 0) is 18.4 Å². The summed E-state index contributed by atoms with van der Waals surface area (Å²) in [7, 11) is 3.76. The van der Waals surface area contributed by atoms with Crippen LogP contribution in [0.15, 0.2) is 12.1 Å². The van der Waals surface area contributed by atoms with Crippen molar-refractivity contribution in [1.29, 1.82) is 0 Å². The molecule has 0 bridgehead atoms. The molecule has 56 valence electrons. The van der Waals surface area contributed by atoms with Gasteiger partial charge in [-0.1, -0.05) is 0 Å². The van der Waals surface area contributed by atoms with Gasteiger partial charge in [-0.15, -0.1) is 0 Å². The summed E-state index contributed by atoms with van der Waals surface area (Å²) in [5.74, 6) is 0. The molecule has 0 aromatic carbocycles. The third kappa shape index (κ3) is 1.21. The maximum absolute atomic E-state index is 5.00. The van der Waals surface area contributed by atoms with Crippen molar-refractivity contribution in [3.8, 4) is 0 Å². The topological polar surface area (TPSA) is 14.2 Å². The van der Waals surface area contributed by atoms with E-state index in [0.717, 1.165) is 0 Å². The minimum atomic E-state index is 0.699. The highest BCUT2D eigenvalue weighted by atomic mass is 16.5. The minimum Gasteiger partial charge on any atom is -0.378 e. The molecule has 0 saturated carbocycles. The van der Waals surface area contributed by atoms with Crippen LogP contribution in [0.1, 0.15) is 11.4 Å². The van der Waals surface area contributed by atoms with Crippen molar-refractivity contribution < 1.29 is 4.74 Å². The molecule has 0 radical (unpaired) electrons. The second kappa shape index (κ2) is 2.88. The molecule has 1 rings (SSSR count). The predicted molar refractivity (Wildman–Crippen MR) is 40.9 cm³/mol. The molecule has 0 atom stereocenters. The lowest BCUT2D eigenvalue weighted by Crippen LogP contribution is -1.98. The largest absolute Gasteiger partial charge is 0.378 e. The number of aryl methyl sites for hydroxylation is 1. The Morgan fingerprint density at radius 1 is 1.50 bits per heavy atom. The first kappa shape index (κ1) is 7.35. The van der Waals surface area contributed by atoms with Crippen LogP contribution in [0.3, 0.4) is 0 Å². The summed E-state index contributed by atoms with van der Waals surface area (Å²) in [6, 6.07) is 4.17. The van der Waals surface area contributed by atoms with E-state index in [-0.39, 0.29) is 0 Å². The van der Waals surface area contributed by atoms with Gasteiger partial charge in [-0.2, -0.15) is 0 Å². The molecule has 0 N–H and O–H groups in total. The van der Waals surface area contributed by atoms with Crippen LogP contribution in [0, 0.1) is 6.92 Å². The molecule has 0 saturated heterocycles. The van der Waals surface area contributed by atoms with Crippen molar-refractivity contribution in [2.24, 2.45) is 7.05 Å². The Labute approximate surface area is 61.4 Å². The SMILES string of the molecule is COCc1ccc(C)n1C. The van der Waals surface area contributed by atoms with E-state index in [2.05, 4.69) is 23.6 Å². The fourth-order valence-corrected chi connectivity index (χ4v) is 0.960. The van der Waals surface area contributed by atoms with Gasteiger partial charge in [0.2, 0.25) is 0 Å². The zero-order valence-electron chi connectivity index (χ0n) is 6.72. The van der Waals surface area contributed by atoms with Crippen LogP contribution >= 0.6 is 0 Å². The minimum absolute atomic E-state index is 0.699. The summed E-state index contributed by atoms with van der Waals surface area (Å²) < 4.78 is 7.13. The maximum Gasteiger partial charge on any atom is 0.0863 e. The Hall–Kier alpha value is -0.760. The van der Waals surface area contributed by atoms with Gasteiger partial charge in [-0.25, -0.2) is 0 Å². The molecule has 2 nitrogen and oxygen atoms in total. The van der Waals surface area contributed by atoms with Crippen LogP contribution in [-0.4, -0.2) is 11.7 Å². The van der Waals surface area contributed by atoms with Gasteiger partial charge in [-0.05, 0) is 19.1 Å². The van der Waals surface area contributed by atoms with Crippen molar-refractivity contribution in [3.63, 3.8) is 0 Å². The molecule has 0 spiro atoms. The summed E-state index contributed by atoms with van der Waals surface area (Å²) in [5, 5.41) is 0. The van der Waals surface area contributed by atoms with Gasteiger partial charge >= 0.3 is 0 Å². The highest BCUT2D eigenvalue weighted by Crippen LogP contribution is 2.05. The number of hydrogen-bond acceptors (Lipinski definition) is 1. The molecular weight excluding hydrogens is 126 g/mol. The number of methoxy groups -OCH3 is 1. The molecule has 2 heteroatoms. The van der Waals surface area contributed by atoms with Gasteiger partial charge in [0.15, 0.2) is 0 Å². The van der Waals surface area contributed by atoms with E-state index in [1.54, 1.807) is 7.11 Å². The first-order valence-electron chi connectivity index (χ1n) is 3.36. The van der Waals surface area contributed by atoms with Gasteiger partial charge in [0, 0.05) is 25.5 Å². The first-order valence-corrected chi connectivity index (χ1v) is 3.36. The molecule has 0 aliphatic rings. The van der Waals surface area contributed by atoms with Crippen LogP contribution in [0.25, 0.3) is 0 Å². The summed E-state index contributed by atoms with van der Waals surface area (Å²) in [5.41, 5.74) is 2.49. The highest BCUT2D eigenvalue weighted by Gasteiger charge is 1.97. The Morgan fingerprint density at radius 3 is 2.60 bits per heavy atom. The van der Waals surface area contributed by atoms with Crippen molar-refractivity contribution in [1.82, 2.24) is 4.57 Å². The smallest absolute Gasteiger partial charge is 0.0863 e. The fourth-order valence-electron chi connectivity index (χ4n) is 0.960. The predicted octanol–water partition coefficient (Wildman–Crippen LogP) is 1.48. The molecule has 0 amide bonds. The van der Waals surface area contributed by atoms with Gasteiger partial charge < -0.3 is 9.30 Å². The Balaban J connectivity index is 2.83. The number of rotatable bonds is 2. The van der Waals surface area contributed by atoms with Gasteiger partial charge in [0.05, 0.1) is 6.61 Å². The van der Waals surface area contributed by atoms with Gasteiger partial charge in [0.25, 0.3) is 0 Å². The van der Waals surface area contributed by atoms with E-state index < -0.39 is 0 Å². The van der Waals surface area contributed by atoms with E-state index in [1.165, 1.54) is 11.4 Å². The lowest BCUT2D eigenvalue weighted by molar-refractivity contribution is 0.179. The standard InChI is InChI=1S/C8H13NO/c1-7-4-5-8(6-10-3)9(7)2/h4-5H,6H2,1-3H3. The monoisotopic (exact) mass is 139 g/mol. The van der Waals surface area contributed by atoms with E-state index in [0.29, 0.717) is 6.61 Å². The van der Waals surface area contributed by atoms with Crippen molar-refractivity contribution in [2.75, 3.05) is 7.11 Å². The second-order valence-electron chi connectivity index (χ2n) is 2.46. The molecule has 0 unspecified atom stereocenters. The normalized spacial score (nSPS) is 10.3. The zero-order chi connectivity index (χ0) is 7.56. The zero-order valence-corrected chi connectivity index (χ0v) is 6.72. The average Bonchev–Trinajstić information content (AvgIpc) is 2.20. The quantitative estimate of drug-likeness (QED) is 0.605. The number of ether oxygens (including phenoxy) is 1. The third-order valence-electron chi connectivity index (χ3n) is 1.77. The molecule has 1 heterocycles. The Kier molecular flexibility index (Phi) is 2.12. The molecule has 0 aliphatic carbocycles. The first-order chi connectivity index (χ1) is 4.75. The van der Waals surface area contributed by atoms with Crippen LogP contribution in [0.4, 0.5) is 0 Å². The Morgan fingerprint density at radius 2 is 2.20 bits per heavy atom. The van der Waals surface area contributed by atoms with E-state index >= 15 is 0 Å². The average molecular weight is 139 g/mol. The summed E-state index contributed by atoms with van der Waals surface area (Å²) in [4.78, 5) is 0. The summed E-state index contributed by atoms with van der Waals surface area (Å²) in [6.07, 6.45) is 0. The van der Waals surface area contributed by atoms with Crippen molar-refractivity contribution in [3.05, 3.63) is 23.5 Å². The molecule has 0 fully saturated rings. The molecular formula is C8H13NO. The molecule has 1 aromatic rings. The van der Waals surface area contributed by atoms with Crippen LogP contribution in [0.5, 0.6) is 0 Å². The molecule has 1 aromatic heterocycles. The van der Waals surface area contributed by atoms with Crippen LogP contribution < -0.4 is 0 Å². The fraction of sp³-hybridized carbons (Fsp3) is 0.500. The number of aromatic nitrogens is 1. The Bertz CT molecular complexity index is 215. The van der Waals surface area contributed by atoms with Crippen molar-refractivity contribution >= 4 is 0 Å². The molecule has 10 heavy (non-hydrogen) atoms. The summed E-state index contributed by atoms with van der Waals surface area (Å²) >= 11 is 0. The summed E-state index contributed by atoms with van der Waals surface area (Å²) in [6.45, 7) is 2.78. The number of hydrogen-bond donors (Lipinski definition) is 0. The molecule has 0 aliphatic heterocycles. The lowest BCUT2D eigenvalue weighted by Gasteiger charge is -2.02. The highest BCUT2D eigenvalue weighted by molar-refractivity contribution is 5.13. The van der Waals surface area contributed by atoms with E-state index in [4.69, 9.17) is 4.74 Å². The van der Waals surface area contributed by atoms with E-state index in [1.807, 2.05) is 7.05 Å². The van der Waals surface area contributed by atoms with Gasteiger partial charge in [-0.3, -0.25) is 0 Å². The van der Waals surface area contributed by atoms with Crippen LogP contribution in [0.2, 0.25) is 0 Å².